The van der Waals surface area contributed by atoms with Crippen LogP contribution in [-0.2, 0) is 11.2 Å². The van der Waals surface area contributed by atoms with Gasteiger partial charge in [-0.05, 0) is 54.1 Å². The second-order valence-corrected chi connectivity index (χ2v) is 12.2. The Kier molecular flexibility index (Phi) is 7.95. The van der Waals surface area contributed by atoms with Gasteiger partial charge in [0.2, 0.25) is 0 Å². The van der Waals surface area contributed by atoms with Gasteiger partial charge >= 0.3 is 5.97 Å². The zero-order chi connectivity index (χ0) is 36.3. The summed E-state index contributed by atoms with van der Waals surface area (Å²) in [6.07, 6.45) is -5.70. The van der Waals surface area contributed by atoms with E-state index in [9.17, 15) is 55.9 Å². The van der Waals surface area contributed by atoms with Gasteiger partial charge in [-0.2, -0.15) is 0 Å². The first-order valence-corrected chi connectivity index (χ1v) is 15.5. The summed E-state index contributed by atoms with van der Waals surface area (Å²) in [6, 6.07) is 15.9. The molecule has 0 unspecified atom stereocenters. The number of hydrogen-bond acceptors (Lipinski definition) is 14. The van der Waals surface area contributed by atoms with Crippen LogP contribution in [0.1, 0.15) is 56.3 Å². The minimum Gasteiger partial charge on any atom is -0.508 e. The molecule has 14 nitrogen and oxygen atoms in total. The number of aromatic hydroxyl groups is 9. The number of phenolic OH excluding ortho intramolecular Hbond substituents is 9. The van der Waals surface area contributed by atoms with E-state index in [4.69, 9.17) is 14.2 Å². The van der Waals surface area contributed by atoms with Gasteiger partial charge in [-0.25, -0.2) is 4.79 Å². The lowest BCUT2D eigenvalue weighted by atomic mass is 9.77. The number of rotatable bonds is 5. The van der Waals surface area contributed by atoms with Gasteiger partial charge < -0.3 is 65.3 Å². The number of ether oxygens (including phenoxy) is 3. The third kappa shape index (κ3) is 5.76. The number of phenols is 9. The molecule has 0 aromatic heterocycles. The number of fused-ring (bicyclic) bond motifs is 2. The number of carbonyl (C=O) groups excluding carboxylic acids is 1. The monoisotopic (exact) mass is 698 g/mol. The van der Waals surface area contributed by atoms with Crippen molar-refractivity contribution in [1.29, 1.82) is 0 Å². The maximum Gasteiger partial charge on any atom is 0.338 e. The van der Waals surface area contributed by atoms with Gasteiger partial charge in [0.05, 0.1) is 11.5 Å². The van der Waals surface area contributed by atoms with Crippen molar-refractivity contribution in [1.82, 2.24) is 0 Å². The molecule has 10 N–H and O–H groups in total. The normalized spacial score (nSPS) is 20.7. The van der Waals surface area contributed by atoms with Gasteiger partial charge in [0, 0.05) is 46.9 Å². The van der Waals surface area contributed by atoms with E-state index in [2.05, 4.69) is 0 Å². The largest absolute Gasteiger partial charge is 0.508 e. The average Bonchev–Trinajstić information content (AvgIpc) is 3.08. The highest BCUT2D eigenvalue weighted by Crippen LogP contribution is 2.57. The lowest BCUT2D eigenvalue weighted by Crippen LogP contribution is -2.38. The summed E-state index contributed by atoms with van der Waals surface area (Å²) >= 11 is 0. The lowest BCUT2D eigenvalue weighted by molar-refractivity contribution is -0.0210. The summed E-state index contributed by atoms with van der Waals surface area (Å²) < 4.78 is 18.3. The molecule has 5 aromatic rings. The molecule has 0 spiro atoms. The van der Waals surface area contributed by atoms with E-state index in [0.717, 1.165) is 18.2 Å². The molecule has 262 valence electrons. The van der Waals surface area contributed by atoms with Crippen molar-refractivity contribution in [2.75, 3.05) is 0 Å². The van der Waals surface area contributed by atoms with Crippen LogP contribution >= 0.6 is 0 Å². The number of hydrogen-bond donors (Lipinski definition) is 10. The summed E-state index contributed by atoms with van der Waals surface area (Å²) in [5, 5.41) is 106. The number of benzene rings is 5. The Bertz CT molecular complexity index is 2180. The SMILES string of the molecule is O=C(O[C@H]1Cc2c(O)cc(O)c([C@H]3c4c(O)cc(O)cc4O[C@H](c4ccc(O)c(O)c4)[C@@H]3O)c2O[C@@H]1c1ccc(O)c(O)c1)c1ccc(O)cc1. The summed E-state index contributed by atoms with van der Waals surface area (Å²) in [5.74, 6) is -6.53. The van der Waals surface area contributed by atoms with E-state index < -0.39 is 82.3 Å². The Morgan fingerprint density at radius 1 is 0.588 bits per heavy atom. The third-order valence-corrected chi connectivity index (χ3v) is 9.02. The Balaban J connectivity index is 1.39. The van der Waals surface area contributed by atoms with Crippen LogP contribution in [0.4, 0.5) is 0 Å². The van der Waals surface area contributed by atoms with Gasteiger partial charge in [0.1, 0.15) is 52.5 Å². The molecule has 0 bridgehead atoms. The summed E-state index contributed by atoms with van der Waals surface area (Å²) in [6.45, 7) is 0. The van der Waals surface area contributed by atoms with Crippen molar-refractivity contribution in [3.63, 3.8) is 0 Å². The van der Waals surface area contributed by atoms with Gasteiger partial charge in [-0.3, -0.25) is 0 Å². The topological polar surface area (TPSA) is 247 Å². The van der Waals surface area contributed by atoms with Crippen LogP contribution in [0.15, 0.2) is 78.9 Å². The van der Waals surface area contributed by atoms with E-state index >= 15 is 0 Å². The molecule has 2 aliphatic rings. The van der Waals surface area contributed by atoms with Crippen LogP contribution < -0.4 is 9.47 Å². The Labute approximate surface area is 288 Å². The van der Waals surface area contributed by atoms with Crippen molar-refractivity contribution in [3.8, 4) is 63.2 Å². The Morgan fingerprint density at radius 3 is 1.82 bits per heavy atom. The minimum absolute atomic E-state index is 0.0305. The molecule has 7 rings (SSSR count). The molecule has 5 aromatic carbocycles. The highest BCUT2D eigenvalue weighted by molar-refractivity contribution is 5.89. The molecule has 0 aliphatic carbocycles. The molecular weight excluding hydrogens is 668 g/mol. The molecule has 0 fully saturated rings. The predicted molar refractivity (Wildman–Crippen MR) is 175 cm³/mol. The molecule has 0 radical (unpaired) electrons. The fourth-order valence-corrected chi connectivity index (χ4v) is 6.60. The number of carbonyl (C=O) groups is 1. The van der Waals surface area contributed by atoms with Gasteiger partial charge in [0.15, 0.2) is 35.2 Å². The maximum atomic E-state index is 13.3. The first-order chi connectivity index (χ1) is 24.3. The number of aliphatic hydroxyl groups excluding tert-OH is 1. The zero-order valence-corrected chi connectivity index (χ0v) is 26.2. The van der Waals surface area contributed by atoms with Gasteiger partial charge in [-0.15, -0.1) is 0 Å². The molecule has 0 saturated carbocycles. The van der Waals surface area contributed by atoms with Crippen molar-refractivity contribution < 1.29 is 70.1 Å². The van der Waals surface area contributed by atoms with E-state index in [-0.39, 0.29) is 57.1 Å². The van der Waals surface area contributed by atoms with Crippen LogP contribution in [-0.4, -0.2) is 69.2 Å². The first kappa shape index (κ1) is 32.9. The molecule has 51 heavy (non-hydrogen) atoms. The minimum atomic E-state index is -1.67. The molecule has 0 saturated heterocycles. The van der Waals surface area contributed by atoms with E-state index in [1.165, 1.54) is 60.7 Å². The van der Waals surface area contributed by atoms with E-state index in [1.54, 1.807) is 0 Å². The predicted octanol–water partition coefficient (Wildman–Crippen LogP) is 4.57. The lowest BCUT2D eigenvalue weighted by Gasteiger charge is -2.40. The highest BCUT2D eigenvalue weighted by Gasteiger charge is 2.47. The average molecular weight is 699 g/mol. The van der Waals surface area contributed by atoms with E-state index in [0.29, 0.717) is 0 Å². The molecule has 2 aliphatic heterocycles. The molecular formula is C37H30O14. The fraction of sp³-hybridized carbons (Fsp3) is 0.162. The standard InChI is InChI=1S/C37H30O14/c38-18-5-1-15(2-6-18)37(48)50-29-13-20-23(42)14-27(46)31(36(20)51-34(29)16-3-7-21(40)24(43)9-16)32-30-26(45)11-19(39)12-28(30)49-35(33(32)47)17-4-8-22(41)25(44)10-17/h1-12,14,29,32-35,38-47H,13H2/t29-,32+,33+,34+,35+/m0/s1. The van der Waals surface area contributed by atoms with Crippen LogP contribution in [0, 0.1) is 0 Å². The Morgan fingerprint density at radius 2 is 1.20 bits per heavy atom. The molecule has 0 amide bonds. The summed E-state index contributed by atoms with van der Waals surface area (Å²) in [5.41, 5.74) is 0.252. The molecule has 14 heteroatoms. The number of esters is 1. The quantitative estimate of drug-likeness (QED) is 0.0893. The van der Waals surface area contributed by atoms with E-state index in [1.807, 2.05) is 0 Å². The van der Waals surface area contributed by atoms with Gasteiger partial charge in [-0.1, -0.05) is 12.1 Å². The number of aliphatic hydroxyl groups is 1. The second kappa shape index (κ2) is 12.3. The van der Waals surface area contributed by atoms with Crippen LogP contribution in [0.5, 0.6) is 63.2 Å². The molecule has 2 heterocycles. The maximum absolute atomic E-state index is 13.3. The highest BCUT2D eigenvalue weighted by atomic mass is 16.6. The zero-order valence-electron chi connectivity index (χ0n) is 26.2. The van der Waals surface area contributed by atoms with Crippen molar-refractivity contribution in [3.05, 3.63) is 112 Å². The first-order valence-electron chi connectivity index (χ1n) is 15.5. The molecule has 5 atom stereocenters. The van der Waals surface area contributed by atoms with Crippen LogP contribution in [0.25, 0.3) is 0 Å². The second-order valence-electron chi connectivity index (χ2n) is 12.2. The summed E-state index contributed by atoms with van der Waals surface area (Å²) in [4.78, 5) is 13.3. The van der Waals surface area contributed by atoms with Crippen LogP contribution in [0.3, 0.4) is 0 Å². The Hall–Kier alpha value is -6.67. The van der Waals surface area contributed by atoms with Crippen LogP contribution in [0.2, 0.25) is 0 Å². The van der Waals surface area contributed by atoms with Gasteiger partial charge in [0.25, 0.3) is 0 Å². The third-order valence-electron chi connectivity index (χ3n) is 9.02. The van der Waals surface area contributed by atoms with Crippen molar-refractivity contribution in [2.45, 2.75) is 36.8 Å². The van der Waals surface area contributed by atoms with Crippen molar-refractivity contribution >= 4 is 5.97 Å². The fourth-order valence-electron chi connectivity index (χ4n) is 6.60. The summed E-state index contributed by atoms with van der Waals surface area (Å²) in [7, 11) is 0. The van der Waals surface area contributed by atoms with Crippen molar-refractivity contribution in [2.24, 2.45) is 0 Å². The smallest absolute Gasteiger partial charge is 0.338 e.